The molecule has 1 aliphatic rings. The Morgan fingerprint density at radius 2 is 2.06 bits per heavy atom. The van der Waals surface area contributed by atoms with Gasteiger partial charge >= 0.3 is 0 Å². The van der Waals surface area contributed by atoms with Gasteiger partial charge in [-0.15, -0.1) is 0 Å². The highest BCUT2D eigenvalue weighted by molar-refractivity contribution is 4.95. The van der Waals surface area contributed by atoms with Gasteiger partial charge in [0.05, 0.1) is 0 Å². The SMILES string of the molecule is CCC(C)CC(CC)(CN)N1CCCCC1C. The second kappa shape index (κ2) is 6.75. The standard InChI is InChI=1S/C15H32N2/c1-5-13(3)11-15(6-2,12-16)17-10-8-7-9-14(17)4/h13-14H,5-12,16H2,1-4H3. The zero-order valence-electron chi connectivity index (χ0n) is 12.3. The first-order valence-corrected chi connectivity index (χ1v) is 7.56. The summed E-state index contributed by atoms with van der Waals surface area (Å²) in [5, 5.41) is 0. The fourth-order valence-electron chi connectivity index (χ4n) is 3.41. The lowest BCUT2D eigenvalue weighted by atomic mass is 9.80. The maximum atomic E-state index is 6.17. The third-order valence-corrected chi connectivity index (χ3v) is 4.88. The van der Waals surface area contributed by atoms with Crippen LogP contribution in [0.2, 0.25) is 0 Å². The molecule has 0 aromatic carbocycles. The number of hydrogen-bond acceptors (Lipinski definition) is 2. The van der Waals surface area contributed by atoms with Crippen LogP contribution in [-0.4, -0.2) is 29.6 Å². The number of likely N-dealkylation sites (tertiary alicyclic amines) is 1. The van der Waals surface area contributed by atoms with Crippen molar-refractivity contribution in [2.75, 3.05) is 13.1 Å². The number of nitrogens with two attached hydrogens (primary N) is 1. The molecule has 1 rings (SSSR count). The van der Waals surface area contributed by atoms with E-state index in [0.717, 1.165) is 18.5 Å². The first-order chi connectivity index (χ1) is 8.09. The second-order valence-corrected chi connectivity index (χ2v) is 6.04. The van der Waals surface area contributed by atoms with Crippen LogP contribution in [0, 0.1) is 5.92 Å². The minimum absolute atomic E-state index is 0.259. The van der Waals surface area contributed by atoms with Gasteiger partial charge in [0.2, 0.25) is 0 Å². The summed E-state index contributed by atoms with van der Waals surface area (Å²) in [7, 11) is 0. The van der Waals surface area contributed by atoms with Gasteiger partial charge in [-0.25, -0.2) is 0 Å². The number of rotatable bonds is 6. The van der Waals surface area contributed by atoms with Crippen LogP contribution in [-0.2, 0) is 0 Å². The van der Waals surface area contributed by atoms with E-state index >= 15 is 0 Å². The van der Waals surface area contributed by atoms with Crippen molar-refractivity contribution in [3.63, 3.8) is 0 Å². The largest absolute Gasteiger partial charge is 0.329 e. The fourth-order valence-corrected chi connectivity index (χ4v) is 3.41. The average Bonchev–Trinajstić information content (AvgIpc) is 2.36. The Bertz CT molecular complexity index is 211. The van der Waals surface area contributed by atoms with E-state index in [1.807, 2.05) is 0 Å². The molecule has 0 saturated carbocycles. The third kappa shape index (κ3) is 3.45. The maximum Gasteiger partial charge on any atom is 0.0334 e. The van der Waals surface area contributed by atoms with Crippen molar-refractivity contribution in [3.05, 3.63) is 0 Å². The normalized spacial score (nSPS) is 27.7. The van der Waals surface area contributed by atoms with E-state index in [1.165, 1.54) is 45.1 Å². The molecule has 0 radical (unpaired) electrons. The van der Waals surface area contributed by atoms with Gasteiger partial charge in [-0.3, -0.25) is 4.90 Å². The highest BCUT2D eigenvalue weighted by Crippen LogP contribution is 2.33. The van der Waals surface area contributed by atoms with Crippen LogP contribution in [0.5, 0.6) is 0 Å². The summed E-state index contributed by atoms with van der Waals surface area (Å²) in [4.78, 5) is 2.72. The van der Waals surface area contributed by atoms with Gasteiger partial charge in [-0.05, 0) is 45.1 Å². The van der Waals surface area contributed by atoms with Crippen LogP contribution < -0.4 is 5.73 Å². The van der Waals surface area contributed by atoms with Crippen molar-refractivity contribution in [3.8, 4) is 0 Å². The number of piperidine rings is 1. The van der Waals surface area contributed by atoms with Crippen molar-refractivity contribution >= 4 is 0 Å². The summed E-state index contributed by atoms with van der Waals surface area (Å²) in [5.74, 6) is 0.785. The van der Waals surface area contributed by atoms with Gasteiger partial charge in [0.25, 0.3) is 0 Å². The molecule has 2 heteroatoms. The molecule has 0 amide bonds. The zero-order valence-corrected chi connectivity index (χ0v) is 12.3. The first kappa shape index (κ1) is 15.0. The molecular formula is C15H32N2. The summed E-state index contributed by atoms with van der Waals surface area (Å²) in [6, 6.07) is 0.719. The van der Waals surface area contributed by atoms with Gasteiger partial charge in [0.1, 0.15) is 0 Å². The minimum atomic E-state index is 0.259. The third-order valence-electron chi connectivity index (χ3n) is 4.88. The first-order valence-electron chi connectivity index (χ1n) is 7.56. The molecule has 3 atom stereocenters. The molecule has 1 saturated heterocycles. The second-order valence-electron chi connectivity index (χ2n) is 6.04. The highest BCUT2D eigenvalue weighted by Gasteiger charge is 2.38. The average molecular weight is 240 g/mol. The summed E-state index contributed by atoms with van der Waals surface area (Å²) >= 11 is 0. The molecule has 2 N–H and O–H groups in total. The highest BCUT2D eigenvalue weighted by atomic mass is 15.2. The van der Waals surface area contributed by atoms with Gasteiger partial charge in [0.15, 0.2) is 0 Å². The molecule has 0 aliphatic carbocycles. The summed E-state index contributed by atoms with van der Waals surface area (Å²) in [6.07, 6.45) is 7.82. The lowest BCUT2D eigenvalue weighted by Gasteiger charge is -2.49. The Balaban J connectivity index is 2.80. The molecule has 1 heterocycles. The van der Waals surface area contributed by atoms with E-state index in [9.17, 15) is 0 Å². The van der Waals surface area contributed by atoms with Crippen LogP contribution >= 0.6 is 0 Å². The van der Waals surface area contributed by atoms with Gasteiger partial charge in [-0.1, -0.05) is 33.6 Å². The predicted molar refractivity (Wildman–Crippen MR) is 76.2 cm³/mol. The van der Waals surface area contributed by atoms with Crippen LogP contribution in [0.4, 0.5) is 0 Å². The van der Waals surface area contributed by atoms with Crippen molar-refractivity contribution in [2.45, 2.75) is 77.8 Å². The number of hydrogen-bond donors (Lipinski definition) is 1. The molecule has 0 bridgehead atoms. The molecule has 3 unspecified atom stereocenters. The topological polar surface area (TPSA) is 29.3 Å². The van der Waals surface area contributed by atoms with E-state index in [4.69, 9.17) is 5.73 Å². The quantitative estimate of drug-likeness (QED) is 0.771. The van der Waals surface area contributed by atoms with Gasteiger partial charge in [0, 0.05) is 18.1 Å². The van der Waals surface area contributed by atoms with E-state index in [-0.39, 0.29) is 5.54 Å². The Hall–Kier alpha value is -0.0800. The van der Waals surface area contributed by atoms with E-state index < -0.39 is 0 Å². The minimum Gasteiger partial charge on any atom is -0.329 e. The molecule has 2 nitrogen and oxygen atoms in total. The fraction of sp³-hybridized carbons (Fsp3) is 1.00. The van der Waals surface area contributed by atoms with E-state index in [0.29, 0.717) is 0 Å². The summed E-state index contributed by atoms with van der Waals surface area (Å²) in [6.45, 7) is 11.4. The lowest BCUT2D eigenvalue weighted by molar-refractivity contribution is 0.0105. The Kier molecular flexibility index (Phi) is 5.94. The van der Waals surface area contributed by atoms with Crippen LogP contribution in [0.15, 0.2) is 0 Å². The monoisotopic (exact) mass is 240 g/mol. The molecule has 17 heavy (non-hydrogen) atoms. The van der Waals surface area contributed by atoms with E-state index in [1.54, 1.807) is 0 Å². The van der Waals surface area contributed by atoms with Crippen molar-refractivity contribution in [2.24, 2.45) is 11.7 Å². The zero-order chi connectivity index (χ0) is 12.9. The van der Waals surface area contributed by atoms with Gasteiger partial charge < -0.3 is 5.73 Å². The molecule has 0 aromatic heterocycles. The predicted octanol–water partition coefficient (Wildman–Crippen LogP) is 3.40. The van der Waals surface area contributed by atoms with Crippen molar-refractivity contribution in [1.29, 1.82) is 0 Å². The molecule has 1 fully saturated rings. The number of nitrogens with zero attached hydrogens (tertiary/aromatic N) is 1. The van der Waals surface area contributed by atoms with Crippen molar-refractivity contribution in [1.82, 2.24) is 4.90 Å². The Labute approximate surface area is 108 Å². The molecule has 1 aliphatic heterocycles. The molecule has 102 valence electrons. The van der Waals surface area contributed by atoms with Crippen LogP contribution in [0.1, 0.15) is 66.2 Å². The maximum absolute atomic E-state index is 6.17. The smallest absolute Gasteiger partial charge is 0.0334 e. The summed E-state index contributed by atoms with van der Waals surface area (Å²) in [5.41, 5.74) is 6.43. The summed E-state index contributed by atoms with van der Waals surface area (Å²) < 4.78 is 0. The molecule has 0 spiro atoms. The van der Waals surface area contributed by atoms with E-state index in [2.05, 4.69) is 32.6 Å². The van der Waals surface area contributed by atoms with Crippen molar-refractivity contribution < 1.29 is 0 Å². The van der Waals surface area contributed by atoms with Crippen LogP contribution in [0.3, 0.4) is 0 Å². The molecular weight excluding hydrogens is 208 g/mol. The lowest BCUT2D eigenvalue weighted by Crippen LogP contribution is -2.59. The Morgan fingerprint density at radius 1 is 1.35 bits per heavy atom. The van der Waals surface area contributed by atoms with Gasteiger partial charge in [-0.2, -0.15) is 0 Å². The Morgan fingerprint density at radius 3 is 2.53 bits per heavy atom. The molecule has 0 aromatic rings. The van der Waals surface area contributed by atoms with Crippen LogP contribution in [0.25, 0.3) is 0 Å².